The first-order valence-corrected chi connectivity index (χ1v) is 11.3. The molecule has 1 saturated heterocycles. The van der Waals surface area contributed by atoms with Crippen LogP contribution in [0.15, 0.2) is 36.9 Å². The van der Waals surface area contributed by atoms with Crippen LogP contribution in [0.3, 0.4) is 0 Å². The highest BCUT2D eigenvalue weighted by Gasteiger charge is 2.28. The third kappa shape index (κ3) is 4.95. The van der Waals surface area contributed by atoms with Gasteiger partial charge in [0.2, 0.25) is 0 Å². The van der Waals surface area contributed by atoms with E-state index in [1.54, 1.807) is 23.9 Å². The lowest BCUT2D eigenvalue weighted by Crippen LogP contribution is -2.46. The molecule has 2 atom stereocenters. The summed E-state index contributed by atoms with van der Waals surface area (Å²) >= 11 is 0. The molecule has 34 heavy (non-hydrogen) atoms. The molecule has 1 aliphatic heterocycles. The van der Waals surface area contributed by atoms with Crippen LogP contribution >= 0.6 is 0 Å². The zero-order valence-electron chi connectivity index (χ0n) is 19.9. The van der Waals surface area contributed by atoms with E-state index in [1.807, 2.05) is 43.1 Å². The number of ether oxygens (including phenoxy) is 1. The van der Waals surface area contributed by atoms with Crippen molar-refractivity contribution in [3.63, 3.8) is 0 Å². The maximum atomic E-state index is 14.6. The molecule has 4 N–H and O–H groups in total. The molecule has 0 bridgehead atoms. The number of nitrogens with two attached hydrogens (primary N) is 1. The normalized spacial score (nSPS) is 18.2. The van der Waals surface area contributed by atoms with Crippen molar-refractivity contribution in [2.24, 2.45) is 0 Å². The molecular formula is C26H31FN6O. The second kappa shape index (κ2) is 10.1. The summed E-state index contributed by atoms with van der Waals surface area (Å²) in [5.41, 5.74) is 10.9. The summed E-state index contributed by atoms with van der Waals surface area (Å²) in [5, 5.41) is 12.1. The molecule has 0 saturated carbocycles. The molecule has 0 radical (unpaired) electrons. The lowest BCUT2D eigenvalue weighted by molar-refractivity contribution is 0.149. The molecule has 0 aliphatic carbocycles. The number of methoxy groups -OCH3 is 1. The SMILES string of the molecule is C=Cc1c2cc(N)cc(N[C@@H]3CCN(C)C[C@@H]3F)c2nn1C#CCNc1ccc(C)cc1OC. The molecule has 1 aromatic heterocycles. The van der Waals surface area contributed by atoms with Gasteiger partial charge in [0.25, 0.3) is 0 Å². The van der Waals surface area contributed by atoms with Crippen LogP contribution in [0, 0.1) is 18.9 Å². The molecule has 4 rings (SSSR count). The predicted octanol–water partition coefficient (Wildman–Crippen LogP) is 3.95. The number of nitrogens with one attached hydrogen (secondary N) is 2. The van der Waals surface area contributed by atoms with Gasteiger partial charge in [-0.15, -0.1) is 0 Å². The minimum absolute atomic E-state index is 0.293. The predicted molar refractivity (Wildman–Crippen MR) is 138 cm³/mol. The molecular weight excluding hydrogens is 431 g/mol. The zero-order chi connectivity index (χ0) is 24.2. The minimum Gasteiger partial charge on any atom is -0.495 e. The van der Waals surface area contributed by atoms with Crippen LogP contribution in [0.5, 0.6) is 5.75 Å². The highest BCUT2D eigenvalue weighted by atomic mass is 19.1. The molecule has 1 aliphatic rings. The maximum absolute atomic E-state index is 14.6. The summed E-state index contributed by atoms with van der Waals surface area (Å²) < 4.78 is 21.7. The Labute approximate surface area is 199 Å². The highest BCUT2D eigenvalue weighted by Crippen LogP contribution is 2.31. The summed E-state index contributed by atoms with van der Waals surface area (Å²) in [5.74, 6) is 3.87. The average molecular weight is 463 g/mol. The van der Waals surface area contributed by atoms with Crippen molar-refractivity contribution in [1.29, 1.82) is 0 Å². The number of anilines is 3. The number of rotatable bonds is 6. The first-order chi connectivity index (χ1) is 16.4. The number of piperidine rings is 1. The Morgan fingerprint density at radius 2 is 2.15 bits per heavy atom. The van der Waals surface area contributed by atoms with E-state index in [4.69, 9.17) is 10.5 Å². The van der Waals surface area contributed by atoms with Gasteiger partial charge >= 0.3 is 0 Å². The van der Waals surface area contributed by atoms with E-state index in [9.17, 15) is 4.39 Å². The lowest BCUT2D eigenvalue weighted by atomic mass is 10.0. The fourth-order valence-corrected chi connectivity index (χ4v) is 4.24. The molecule has 3 aromatic rings. The lowest BCUT2D eigenvalue weighted by Gasteiger charge is -2.33. The summed E-state index contributed by atoms with van der Waals surface area (Å²) in [4.78, 5) is 2.00. The first-order valence-electron chi connectivity index (χ1n) is 11.3. The number of aryl methyl sites for hydroxylation is 1. The van der Waals surface area contributed by atoms with Gasteiger partial charge < -0.3 is 26.0 Å². The summed E-state index contributed by atoms with van der Waals surface area (Å²) in [7, 11) is 3.58. The highest BCUT2D eigenvalue weighted by molar-refractivity contribution is 5.98. The summed E-state index contributed by atoms with van der Waals surface area (Å²) in [6.45, 7) is 7.58. The molecule has 0 amide bonds. The van der Waals surface area contributed by atoms with Crippen molar-refractivity contribution in [2.75, 3.05) is 50.2 Å². The van der Waals surface area contributed by atoms with Gasteiger partial charge in [0, 0.05) is 30.2 Å². The monoisotopic (exact) mass is 462 g/mol. The van der Waals surface area contributed by atoms with Crippen molar-refractivity contribution in [3.8, 4) is 17.7 Å². The first kappa shape index (κ1) is 23.5. The second-order valence-corrected chi connectivity index (χ2v) is 8.63. The number of halogens is 1. The number of benzene rings is 2. The summed E-state index contributed by atoms with van der Waals surface area (Å²) in [6.07, 6.45) is 1.44. The van der Waals surface area contributed by atoms with Gasteiger partial charge in [-0.25, -0.2) is 4.39 Å². The fraction of sp³-hybridized carbons (Fsp3) is 0.346. The van der Waals surface area contributed by atoms with Gasteiger partial charge in [-0.2, -0.15) is 9.78 Å². The molecule has 8 heteroatoms. The van der Waals surface area contributed by atoms with Crippen molar-refractivity contribution in [3.05, 3.63) is 48.2 Å². The summed E-state index contributed by atoms with van der Waals surface area (Å²) in [6, 6.07) is 12.4. The number of aromatic nitrogens is 2. The van der Waals surface area contributed by atoms with Crippen LogP contribution in [-0.4, -0.2) is 60.7 Å². The van der Waals surface area contributed by atoms with Gasteiger partial charge in [-0.05, 0) is 56.3 Å². The number of likely N-dealkylation sites (tertiary alicyclic amines) is 1. The fourth-order valence-electron chi connectivity index (χ4n) is 4.24. The molecule has 2 heterocycles. The van der Waals surface area contributed by atoms with Crippen LogP contribution in [-0.2, 0) is 0 Å². The third-order valence-corrected chi connectivity index (χ3v) is 6.02. The van der Waals surface area contributed by atoms with Crippen LogP contribution in [0.2, 0.25) is 0 Å². The van der Waals surface area contributed by atoms with Gasteiger partial charge in [-0.1, -0.05) is 18.6 Å². The smallest absolute Gasteiger partial charge is 0.142 e. The van der Waals surface area contributed by atoms with E-state index in [0.29, 0.717) is 36.4 Å². The molecule has 0 unspecified atom stereocenters. The molecule has 0 spiro atoms. The molecule has 1 fully saturated rings. The number of nitrogen functional groups attached to an aromatic ring is 1. The Morgan fingerprint density at radius 1 is 1.32 bits per heavy atom. The average Bonchev–Trinajstić information content (AvgIpc) is 3.16. The van der Waals surface area contributed by atoms with E-state index in [-0.39, 0.29) is 6.04 Å². The van der Waals surface area contributed by atoms with Gasteiger partial charge in [0.15, 0.2) is 0 Å². The van der Waals surface area contributed by atoms with E-state index >= 15 is 0 Å². The van der Waals surface area contributed by atoms with Crippen LogP contribution in [0.4, 0.5) is 21.5 Å². The van der Waals surface area contributed by atoms with Crippen molar-refractivity contribution in [1.82, 2.24) is 14.7 Å². The van der Waals surface area contributed by atoms with Crippen LogP contribution in [0.1, 0.15) is 17.7 Å². The van der Waals surface area contributed by atoms with Gasteiger partial charge in [-0.3, -0.25) is 0 Å². The Morgan fingerprint density at radius 3 is 2.88 bits per heavy atom. The van der Waals surface area contributed by atoms with Crippen molar-refractivity contribution >= 4 is 34.0 Å². The number of fused-ring (bicyclic) bond motifs is 1. The quantitative estimate of drug-likeness (QED) is 0.380. The molecule has 7 nitrogen and oxygen atoms in total. The van der Waals surface area contributed by atoms with Crippen molar-refractivity contribution in [2.45, 2.75) is 25.6 Å². The number of hydrogen-bond donors (Lipinski definition) is 3. The number of nitrogens with zero attached hydrogens (tertiary/aromatic N) is 3. The van der Waals surface area contributed by atoms with E-state index in [2.05, 4.69) is 34.3 Å². The van der Waals surface area contributed by atoms with Gasteiger partial charge in [0.05, 0.1) is 36.8 Å². The standard InChI is InChI=1S/C26H31FN6O/c1-5-24-19-14-18(28)15-23(30-21-9-12-32(3)16-20(21)27)26(19)31-33(24)11-6-10-29-22-8-7-17(2)13-25(22)34-4/h5,7-8,13-15,20-21,29-30H,1,9-10,12,16,28H2,2-4H3/t20-,21+/m0/s1. The maximum Gasteiger partial charge on any atom is 0.142 e. The van der Waals surface area contributed by atoms with Crippen LogP contribution < -0.4 is 21.1 Å². The third-order valence-electron chi connectivity index (χ3n) is 6.02. The molecule has 178 valence electrons. The van der Waals surface area contributed by atoms with E-state index in [1.165, 1.54) is 0 Å². The molecule has 2 aromatic carbocycles. The van der Waals surface area contributed by atoms with Crippen LogP contribution in [0.25, 0.3) is 17.0 Å². The Hall–Kier alpha value is -3.70. The Bertz CT molecular complexity index is 1260. The number of alkyl halides is 1. The second-order valence-electron chi connectivity index (χ2n) is 8.63. The largest absolute Gasteiger partial charge is 0.495 e. The van der Waals surface area contributed by atoms with Gasteiger partial charge in [0.1, 0.15) is 17.4 Å². The Balaban J connectivity index is 1.58. The van der Waals surface area contributed by atoms with E-state index < -0.39 is 6.17 Å². The van der Waals surface area contributed by atoms with E-state index in [0.717, 1.165) is 34.6 Å². The van der Waals surface area contributed by atoms with Crippen molar-refractivity contribution < 1.29 is 9.13 Å². The number of hydrogen-bond acceptors (Lipinski definition) is 6. The minimum atomic E-state index is -0.971. The topological polar surface area (TPSA) is 80.4 Å². The zero-order valence-corrected chi connectivity index (χ0v) is 19.9. The Kier molecular flexibility index (Phi) is 6.94.